The first kappa shape index (κ1) is 15.1. The first-order valence-corrected chi connectivity index (χ1v) is 6.46. The van der Waals surface area contributed by atoms with Crippen LogP contribution in [0.25, 0.3) is 0 Å². The number of carbonyl (C=O) groups is 1. The molecule has 2 rings (SSSR count). The molecule has 0 saturated heterocycles. The number of amides is 2. The van der Waals surface area contributed by atoms with Crippen molar-refractivity contribution in [2.24, 2.45) is 0 Å². The number of pyridine rings is 1. The van der Waals surface area contributed by atoms with Gasteiger partial charge >= 0.3 is 6.03 Å². The normalized spacial score (nSPS) is 10.0. The Labute approximate surface area is 126 Å². The number of methoxy groups -OCH3 is 1. The van der Waals surface area contributed by atoms with E-state index in [0.29, 0.717) is 11.4 Å². The van der Waals surface area contributed by atoms with Gasteiger partial charge in [0.2, 0.25) is 5.88 Å². The lowest BCUT2D eigenvalue weighted by Gasteiger charge is -2.10. The van der Waals surface area contributed by atoms with Gasteiger partial charge in [0.15, 0.2) is 5.82 Å². The summed E-state index contributed by atoms with van der Waals surface area (Å²) in [4.78, 5) is 15.8. The van der Waals surface area contributed by atoms with E-state index in [-0.39, 0.29) is 17.3 Å². The number of hydrogen-bond acceptors (Lipinski definition) is 3. The quantitative estimate of drug-likeness (QED) is 0.911. The molecule has 110 valence electrons. The molecule has 0 radical (unpaired) electrons. The molecule has 0 aliphatic carbocycles. The van der Waals surface area contributed by atoms with Crippen molar-refractivity contribution in [2.75, 3.05) is 12.4 Å². The number of nitrogens with one attached hydrogen (secondary N) is 2. The first-order valence-electron chi connectivity index (χ1n) is 6.08. The zero-order chi connectivity index (χ0) is 15.2. The lowest BCUT2D eigenvalue weighted by atomic mass is 10.2. The largest absolute Gasteiger partial charge is 0.481 e. The number of halogens is 2. The third-order valence-electron chi connectivity index (χ3n) is 2.68. The summed E-state index contributed by atoms with van der Waals surface area (Å²) >= 11 is 5.64. The Morgan fingerprint density at radius 3 is 2.95 bits per heavy atom. The second kappa shape index (κ2) is 6.90. The second-order valence-corrected chi connectivity index (χ2v) is 4.49. The van der Waals surface area contributed by atoms with E-state index in [1.807, 2.05) is 0 Å². The summed E-state index contributed by atoms with van der Waals surface area (Å²) in [5, 5.41) is 4.92. The molecule has 1 aromatic heterocycles. The van der Waals surface area contributed by atoms with Crippen LogP contribution in [0, 0.1) is 5.82 Å². The maximum absolute atomic E-state index is 13.6. The van der Waals surface area contributed by atoms with Gasteiger partial charge in [0.05, 0.1) is 17.8 Å². The summed E-state index contributed by atoms with van der Waals surface area (Å²) in [6.45, 7) is 0.199. The van der Waals surface area contributed by atoms with Crippen molar-refractivity contribution in [3.05, 3.63) is 52.9 Å². The maximum Gasteiger partial charge on any atom is 0.319 e. The van der Waals surface area contributed by atoms with Crippen LogP contribution in [0.5, 0.6) is 5.88 Å². The highest BCUT2D eigenvalue weighted by molar-refractivity contribution is 6.31. The van der Waals surface area contributed by atoms with Crippen LogP contribution < -0.4 is 15.4 Å². The molecular weight excluding hydrogens is 297 g/mol. The monoisotopic (exact) mass is 309 g/mol. The van der Waals surface area contributed by atoms with Crippen LogP contribution in [0.3, 0.4) is 0 Å². The Kier molecular flexibility index (Phi) is 4.94. The first-order chi connectivity index (χ1) is 10.1. The van der Waals surface area contributed by atoms with Crippen LogP contribution in [0.1, 0.15) is 5.56 Å². The number of rotatable bonds is 4. The number of benzene rings is 1. The predicted molar refractivity (Wildman–Crippen MR) is 78.1 cm³/mol. The third kappa shape index (κ3) is 3.82. The lowest BCUT2D eigenvalue weighted by Crippen LogP contribution is -2.28. The molecule has 0 atom stereocenters. The van der Waals surface area contributed by atoms with Gasteiger partial charge in [-0.1, -0.05) is 23.7 Å². The van der Waals surface area contributed by atoms with E-state index in [2.05, 4.69) is 15.6 Å². The van der Waals surface area contributed by atoms with Gasteiger partial charge < -0.3 is 15.4 Å². The van der Waals surface area contributed by atoms with E-state index in [1.165, 1.54) is 19.2 Å². The van der Waals surface area contributed by atoms with Crippen LogP contribution in [0.15, 0.2) is 36.5 Å². The van der Waals surface area contributed by atoms with Gasteiger partial charge in [-0.15, -0.1) is 0 Å². The zero-order valence-electron chi connectivity index (χ0n) is 11.2. The molecule has 2 amide bonds. The molecule has 0 saturated carbocycles. The number of urea groups is 1. The minimum atomic E-state index is -0.673. The van der Waals surface area contributed by atoms with Crippen molar-refractivity contribution in [3.8, 4) is 5.88 Å². The molecule has 0 aliphatic heterocycles. The minimum Gasteiger partial charge on any atom is -0.481 e. The van der Waals surface area contributed by atoms with E-state index in [4.69, 9.17) is 16.3 Å². The summed E-state index contributed by atoms with van der Waals surface area (Å²) in [5.41, 5.74) is 0.722. The summed E-state index contributed by atoms with van der Waals surface area (Å²) in [6, 6.07) is 7.32. The van der Waals surface area contributed by atoms with Crippen LogP contribution in [-0.2, 0) is 6.54 Å². The van der Waals surface area contributed by atoms with Gasteiger partial charge in [-0.3, -0.25) is 0 Å². The van der Waals surface area contributed by atoms with Gasteiger partial charge in [-0.05, 0) is 18.2 Å². The highest BCUT2D eigenvalue weighted by atomic mass is 35.5. The molecule has 1 heterocycles. The van der Waals surface area contributed by atoms with Gasteiger partial charge in [0, 0.05) is 18.3 Å². The standard InChI is InChI=1S/C14H13ClFN3O2/c1-21-13-9(4-3-7-17-13)8-18-14(20)19-11-6-2-5-10(15)12(11)16/h2-7H,8H2,1H3,(H2,18,19,20). The SMILES string of the molecule is COc1ncccc1CNC(=O)Nc1cccc(Cl)c1F. The Hall–Kier alpha value is -2.34. The summed E-state index contributed by atoms with van der Waals surface area (Å²) in [7, 11) is 1.49. The van der Waals surface area contributed by atoms with Gasteiger partial charge in [-0.2, -0.15) is 0 Å². The predicted octanol–water partition coefficient (Wildman–Crippen LogP) is 3.20. The molecule has 2 N–H and O–H groups in total. The summed E-state index contributed by atoms with van der Waals surface area (Å²) in [5.74, 6) is -0.250. The highest BCUT2D eigenvalue weighted by Gasteiger charge is 2.10. The van der Waals surface area contributed by atoms with E-state index in [1.54, 1.807) is 24.4 Å². The fraction of sp³-hybridized carbons (Fsp3) is 0.143. The molecule has 2 aromatic rings. The third-order valence-corrected chi connectivity index (χ3v) is 2.97. The average Bonchev–Trinajstić information content (AvgIpc) is 2.50. The van der Waals surface area contributed by atoms with E-state index in [9.17, 15) is 9.18 Å². The molecule has 0 unspecified atom stereocenters. The van der Waals surface area contributed by atoms with Crippen molar-refractivity contribution < 1.29 is 13.9 Å². The van der Waals surface area contributed by atoms with Crippen molar-refractivity contribution in [3.63, 3.8) is 0 Å². The van der Waals surface area contributed by atoms with Gasteiger partial charge in [-0.25, -0.2) is 14.2 Å². The Morgan fingerprint density at radius 2 is 2.19 bits per heavy atom. The van der Waals surface area contributed by atoms with Crippen molar-refractivity contribution in [1.29, 1.82) is 0 Å². The number of hydrogen-bond donors (Lipinski definition) is 2. The molecule has 21 heavy (non-hydrogen) atoms. The average molecular weight is 310 g/mol. The molecular formula is C14H13ClFN3O2. The molecule has 1 aromatic carbocycles. The second-order valence-electron chi connectivity index (χ2n) is 4.08. The topological polar surface area (TPSA) is 63.2 Å². The number of anilines is 1. The van der Waals surface area contributed by atoms with E-state index in [0.717, 1.165) is 0 Å². The Morgan fingerprint density at radius 1 is 1.38 bits per heavy atom. The van der Waals surface area contributed by atoms with Gasteiger partial charge in [0.1, 0.15) is 0 Å². The maximum atomic E-state index is 13.6. The van der Waals surface area contributed by atoms with Crippen molar-refractivity contribution in [1.82, 2.24) is 10.3 Å². The van der Waals surface area contributed by atoms with E-state index < -0.39 is 11.8 Å². The molecule has 0 fully saturated rings. The summed E-state index contributed by atoms with van der Waals surface area (Å²) < 4.78 is 18.7. The van der Waals surface area contributed by atoms with Crippen molar-refractivity contribution >= 4 is 23.3 Å². The van der Waals surface area contributed by atoms with Crippen LogP contribution in [0.2, 0.25) is 5.02 Å². The number of carbonyl (C=O) groups excluding carboxylic acids is 1. The number of nitrogens with zero attached hydrogens (tertiary/aromatic N) is 1. The van der Waals surface area contributed by atoms with Crippen molar-refractivity contribution in [2.45, 2.75) is 6.54 Å². The lowest BCUT2D eigenvalue weighted by molar-refractivity contribution is 0.251. The highest BCUT2D eigenvalue weighted by Crippen LogP contribution is 2.21. The molecule has 0 aliphatic rings. The van der Waals surface area contributed by atoms with Crippen LogP contribution in [-0.4, -0.2) is 18.1 Å². The smallest absolute Gasteiger partial charge is 0.319 e. The molecule has 0 spiro atoms. The van der Waals surface area contributed by atoms with Crippen LogP contribution in [0.4, 0.5) is 14.9 Å². The van der Waals surface area contributed by atoms with Gasteiger partial charge in [0.25, 0.3) is 0 Å². The number of ether oxygens (including phenoxy) is 1. The number of aromatic nitrogens is 1. The Balaban J connectivity index is 1.98. The fourth-order valence-electron chi connectivity index (χ4n) is 1.68. The zero-order valence-corrected chi connectivity index (χ0v) is 11.9. The summed E-state index contributed by atoms with van der Waals surface area (Å²) in [6.07, 6.45) is 1.59. The molecule has 0 bridgehead atoms. The molecule has 7 heteroatoms. The molecule has 5 nitrogen and oxygen atoms in total. The Bertz CT molecular complexity index is 652. The fourth-order valence-corrected chi connectivity index (χ4v) is 1.86. The minimum absolute atomic E-state index is 0.0122. The van der Waals surface area contributed by atoms with E-state index >= 15 is 0 Å². The van der Waals surface area contributed by atoms with Crippen LogP contribution >= 0.6 is 11.6 Å².